The standard InChI is InChI=1S/C11H20N2O3/c1-4-5-6-10(14)13-12-9(11(15)16)7-8(2)3/h5-6,8-9,12H,4,7H2,1-3H3,(H,13,14)(H,15,16)/t9-/m1/s1. The molecule has 3 N–H and O–H groups in total. The van der Waals surface area contributed by atoms with Crippen LogP contribution in [0.4, 0.5) is 0 Å². The van der Waals surface area contributed by atoms with Gasteiger partial charge in [0.1, 0.15) is 6.04 Å². The van der Waals surface area contributed by atoms with E-state index in [2.05, 4.69) is 10.9 Å². The van der Waals surface area contributed by atoms with Crippen LogP contribution in [0.3, 0.4) is 0 Å². The molecule has 92 valence electrons. The number of carboxylic acids is 1. The summed E-state index contributed by atoms with van der Waals surface area (Å²) in [6, 6.07) is -0.751. The molecule has 1 atom stereocenters. The van der Waals surface area contributed by atoms with Gasteiger partial charge in [-0.2, -0.15) is 0 Å². The van der Waals surface area contributed by atoms with Crippen molar-refractivity contribution in [3.63, 3.8) is 0 Å². The van der Waals surface area contributed by atoms with E-state index in [4.69, 9.17) is 5.11 Å². The molecular weight excluding hydrogens is 208 g/mol. The van der Waals surface area contributed by atoms with E-state index in [-0.39, 0.29) is 11.8 Å². The van der Waals surface area contributed by atoms with Crippen molar-refractivity contribution in [3.05, 3.63) is 12.2 Å². The Morgan fingerprint density at radius 3 is 2.44 bits per heavy atom. The number of carboxylic acid groups (broad SMARTS) is 1. The summed E-state index contributed by atoms with van der Waals surface area (Å²) in [5, 5.41) is 8.88. The number of hydrogen-bond acceptors (Lipinski definition) is 3. The third-order valence-electron chi connectivity index (χ3n) is 1.88. The molecule has 0 saturated heterocycles. The van der Waals surface area contributed by atoms with Crippen LogP contribution in [0.15, 0.2) is 12.2 Å². The molecule has 5 nitrogen and oxygen atoms in total. The maximum absolute atomic E-state index is 11.2. The van der Waals surface area contributed by atoms with Gasteiger partial charge in [-0.3, -0.25) is 15.0 Å². The highest BCUT2D eigenvalue weighted by atomic mass is 16.4. The SMILES string of the molecule is CCC=CC(=O)NN[C@H](CC(C)C)C(=O)O. The van der Waals surface area contributed by atoms with Crippen LogP contribution in [0.25, 0.3) is 0 Å². The Labute approximate surface area is 95.9 Å². The van der Waals surface area contributed by atoms with Gasteiger partial charge in [-0.1, -0.05) is 26.8 Å². The van der Waals surface area contributed by atoms with Gasteiger partial charge in [0.05, 0.1) is 0 Å². The summed E-state index contributed by atoms with van der Waals surface area (Å²) in [6.07, 6.45) is 4.31. The van der Waals surface area contributed by atoms with Gasteiger partial charge < -0.3 is 5.11 Å². The second kappa shape index (κ2) is 7.87. The minimum Gasteiger partial charge on any atom is -0.480 e. The van der Waals surface area contributed by atoms with Crippen molar-refractivity contribution < 1.29 is 14.7 Å². The highest BCUT2D eigenvalue weighted by Gasteiger charge is 2.18. The number of rotatable bonds is 7. The molecule has 0 aliphatic heterocycles. The highest BCUT2D eigenvalue weighted by molar-refractivity contribution is 5.87. The molecule has 0 radical (unpaired) electrons. The Kier molecular flexibility index (Phi) is 7.20. The molecular formula is C11H20N2O3. The van der Waals surface area contributed by atoms with E-state index in [1.165, 1.54) is 6.08 Å². The number of aliphatic carboxylic acids is 1. The Balaban J connectivity index is 4.07. The Bertz CT molecular complexity index is 262. The molecule has 0 heterocycles. The molecule has 0 fully saturated rings. The lowest BCUT2D eigenvalue weighted by atomic mass is 10.0. The van der Waals surface area contributed by atoms with Crippen LogP contribution in [-0.2, 0) is 9.59 Å². The lowest BCUT2D eigenvalue weighted by Gasteiger charge is -2.16. The molecule has 0 aromatic carbocycles. The first-order chi connectivity index (χ1) is 7.47. The first-order valence-electron chi connectivity index (χ1n) is 5.42. The van der Waals surface area contributed by atoms with Gasteiger partial charge in [-0.15, -0.1) is 0 Å². The molecule has 16 heavy (non-hydrogen) atoms. The van der Waals surface area contributed by atoms with E-state index in [1.807, 2.05) is 20.8 Å². The number of allylic oxidation sites excluding steroid dienone is 1. The smallest absolute Gasteiger partial charge is 0.322 e. The number of hydrazine groups is 1. The maximum atomic E-state index is 11.2. The van der Waals surface area contributed by atoms with Gasteiger partial charge in [0.25, 0.3) is 5.91 Å². The molecule has 0 unspecified atom stereocenters. The number of hydrogen-bond donors (Lipinski definition) is 3. The summed E-state index contributed by atoms with van der Waals surface area (Å²) in [4.78, 5) is 22.0. The second-order valence-electron chi connectivity index (χ2n) is 3.96. The van der Waals surface area contributed by atoms with Gasteiger partial charge in [0.15, 0.2) is 0 Å². The van der Waals surface area contributed by atoms with Crippen molar-refractivity contribution in [2.75, 3.05) is 0 Å². The highest BCUT2D eigenvalue weighted by Crippen LogP contribution is 2.03. The fourth-order valence-corrected chi connectivity index (χ4v) is 1.12. The summed E-state index contributed by atoms with van der Waals surface area (Å²) < 4.78 is 0. The van der Waals surface area contributed by atoms with Crippen LogP contribution >= 0.6 is 0 Å². The zero-order chi connectivity index (χ0) is 12.6. The zero-order valence-electron chi connectivity index (χ0n) is 9.99. The first-order valence-corrected chi connectivity index (χ1v) is 5.42. The summed E-state index contributed by atoms with van der Waals surface area (Å²) in [5.41, 5.74) is 4.86. The van der Waals surface area contributed by atoms with E-state index < -0.39 is 12.0 Å². The van der Waals surface area contributed by atoms with E-state index in [0.717, 1.165) is 6.42 Å². The Hall–Kier alpha value is -1.36. The van der Waals surface area contributed by atoms with Gasteiger partial charge in [-0.05, 0) is 18.8 Å². The fourth-order valence-electron chi connectivity index (χ4n) is 1.12. The summed E-state index contributed by atoms with van der Waals surface area (Å²) in [6.45, 7) is 5.77. The van der Waals surface area contributed by atoms with Crippen LogP contribution in [0.1, 0.15) is 33.6 Å². The average Bonchev–Trinajstić information content (AvgIpc) is 2.20. The average molecular weight is 228 g/mol. The summed E-state index contributed by atoms with van der Waals surface area (Å²) >= 11 is 0. The van der Waals surface area contributed by atoms with E-state index in [1.54, 1.807) is 6.08 Å². The normalized spacial score (nSPS) is 13.0. The Morgan fingerprint density at radius 2 is 2.00 bits per heavy atom. The van der Waals surface area contributed by atoms with Crippen LogP contribution in [0.2, 0.25) is 0 Å². The lowest BCUT2D eigenvalue weighted by molar-refractivity contribution is -0.140. The molecule has 0 spiro atoms. The second-order valence-corrected chi connectivity index (χ2v) is 3.96. The topological polar surface area (TPSA) is 78.4 Å². The predicted octanol–water partition coefficient (Wildman–Crippen LogP) is 1.07. The van der Waals surface area contributed by atoms with Crippen molar-refractivity contribution in [1.82, 2.24) is 10.9 Å². The monoisotopic (exact) mass is 228 g/mol. The van der Waals surface area contributed by atoms with E-state index in [0.29, 0.717) is 6.42 Å². The molecule has 0 aliphatic carbocycles. The van der Waals surface area contributed by atoms with Crippen LogP contribution in [0.5, 0.6) is 0 Å². The quantitative estimate of drug-likeness (QED) is 0.450. The molecule has 0 aliphatic rings. The van der Waals surface area contributed by atoms with E-state index in [9.17, 15) is 9.59 Å². The Morgan fingerprint density at radius 1 is 1.38 bits per heavy atom. The molecule has 5 heteroatoms. The molecule has 0 saturated carbocycles. The molecule has 1 amide bonds. The third-order valence-corrected chi connectivity index (χ3v) is 1.88. The lowest BCUT2D eigenvalue weighted by Crippen LogP contribution is -2.48. The van der Waals surface area contributed by atoms with Crippen molar-refractivity contribution in [2.45, 2.75) is 39.7 Å². The molecule has 0 bridgehead atoms. The summed E-state index contributed by atoms with van der Waals surface area (Å²) in [5.74, 6) is -1.05. The van der Waals surface area contributed by atoms with Crippen LogP contribution in [0, 0.1) is 5.92 Å². The van der Waals surface area contributed by atoms with Gasteiger partial charge in [-0.25, -0.2) is 5.43 Å². The number of carbonyl (C=O) groups excluding carboxylic acids is 1. The minimum absolute atomic E-state index is 0.247. The van der Waals surface area contributed by atoms with Gasteiger partial charge in [0.2, 0.25) is 0 Å². The molecule has 0 aromatic rings. The zero-order valence-corrected chi connectivity index (χ0v) is 9.99. The maximum Gasteiger partial charge on any atom is 0.322 e. The van der Waals surface area contributed by atoms with Gasteiger partial charge >= 0.3 is 5.97 Å². The van der Waals surface area contributed by atoms with E-state index >= 15 is 0 Å². The van der Waals surface area contributed by atoms with Gasteiger partial charge in [0, 0.05) is 6.08 Å². The van der Waals surface area contributed by atoms with Crippen molar-refractivity contribution in [1.29, 1.82) is 0 Å². The molecule has 0 rings (SSSR count). The van der Waals surface area contributed by atoms with Crippen molar-refractivity contribution in [3.8, 4) is 0 Å². The predicted molar refractivity (Wildman–Crippen MR) is 61.6 cm³/mol. The number of carbonyl (C=O) groups is 2. The van der Waals surface area contributed by atoms with Crippen LogP contribution in [-0.4, -0.2) is 23.0 Å². The first kappa shape index (κ1) is 14.6. The fraction of sp³-hybridized carbons (Fsp3) is 0.636. The van der Waals surface area contributed by atoms with Crippen LogP contribution < -0.4 is 10.9 Å². The third kappa shape index (κ3) is 7.00. The summed E-state index contributed by atoms with van der Waals surface area (Å²) in [7, 11) is 0. The molecule has 0 aromatic heterocycles. The largest absolute Gasteiger partial charge is 0.480 e. The van der Waals surface area contributed by atoms with Crippen molar-refractivity contribution in [2.24, 2.45) is 5.92 Å². The number of amides is 1. The van der Waals surface area contributed by atoms with Crippen molar-refractivity contribution >= 4 is 11.9 Å². The number of nitrogens with one attached hydrogen (secondary N) is 2. The minimum atomic E-state index is -0.964.